The molecule has 25 heavy (non-hydrogen) atoms. The van der Waals surface area contributed by atoms with Gasteiger partial charge in [-0.25, -0.2) is 4.98 Å². The van der Waals surface area contributed by atoms with Crippen molar-refractivity contribution in [1.82, 2.24) is 24.5 Å². The van der Waals surface area contributed by atoms with E-state index in [0.717, 1.165) is 28.2 Å². The molecule has 0 saturated carbocycles. The molecule has 4 aromatic rings. The highest BCUT2D eigenvalue weighted by atomic mass is 15.2. The van der Waals surface area contributed by atoms with Gasteiger partial charge in [0.15, 0.2) is 5.82 Å². The van der Waals surface area contributed by atoms with Crippen molar-refractivity contribution in [3.63, 3.8) is 0 Å². The molecule has 3 N–H and O–H groups in total. The summed E-state index contributed by atoms with van der Waals surface area (Å²) in [5.41, 5.74) is 9.48. The Labute approximate surface area is 143 Å². The molecule has 7 heteroatoms. The molecule has 2 atom stereocenters. The summed E-state index contributed by atoms with van der Waals surface area (Å²) in [6.45, 7) is 0. The third-order valence-electron chi connectivity index (χ3n) is 4.48. The minimum Gasteiger partial charge on any atom is -0.368 e. The van der Waals surface area contributed by atoms with Crippen LogP contribution < -0.4 is 11.1 Å². The van der Waals surface area contributed by atoms with Crippen LogP contribution in [0.3, 0.4) is 0 Å². The number of nitrogens with zero attached hydrogens (tertiary/aromatic N) is 5. The third kappa shape index (κ3) is 2.13. The molecule has 5 rings (SSSR count). The molecule has 0 aromatic carbocycles. The molecular formula is C18H15N7. The Kier molecular flexibility index (Phi) is 2.93. The van der Waals surface area contributed by atoms with E-state index in [9.17, 15) is 0 Å². The highest BCUT2D eigenvalue weighted by molar-refractivity contribution is 5.89. The van der Waals surface area contributed by atoms with Gasteiger partial charge in [0.05, 0.1) is 22.9 Å². The summed E-state index contributed by atoms with van der Waals surface area (Å²) in [5.74, 6) is 0.971. The molecule has 1 aliphatic heterocycles. The summed E-state index contributed by atoms with van der Waals surface area (Å²) in [6, 6.07) is 13.6. The summed E-state index contributed by atoms with van der Waals surface area (Å²) in [5, 5.41) is 3.50. The first-order valence-electron chi connectivity index (χ1n) is 8.04. The molecule has 0 aliphatic carbocycles. The lowest BCUT2D eigenvalue weighted by Crippen LogP contribution is -2.30. The Bertz CT molecular complexity index is 1040. The summed E-state index contributed by atoms with van der Waals surface area (Å²) in [7, 11) is 0. The average Bonchev–Trinajstić information content (AvgIpc) is 3.07. The highest BCUT2D eigenvalue weighted by Gasteiger charge is 2.35. The zero-order valence-electron chi connectivity index (χ0n) is 13.2. The van der Waals surface area contributed by atoms with Crippen molar-refractivity contribution in [3.8, 4) is 0 Å². The first-order valence-corrected chi connectivity index (χ1v) is 8.04. The van der Waals surface area contributed by atoms with Crippen molar-refractivity contribution in [2.75, 3.05) is 11.1 Å². The molecule has 0 saturated heterocycles. The van der Waals surface area contributed by atoms with Gasteiger partial charge in [-0.1, -0.05) is 12.1 Å². The van der Waals surface area contributed by atoms with Crippen LogP contribution in [0.2, 0.25) is 0 Å². The number of nitrogens with one attached hydrogen (secondary N) is 1. The number of aromatic nitrogens is 5. The minimum absolute atomic E-state index is 0.0617. The van der Waals surface area contributed by atoms with E-state index in [1.54, 1.807) is 12.4 Å². The fraction of sp³-hybridized carbons (Fsp3) is 0.111. The van der Waals surface area contributed by atoms with Crippen molar-refractivity contribution in [3.05, 3.63) is 72.4 Å². The van der Waals surface area contributed by atoms with Gasteiger partial charge < -0.3 is 15.6 Å². The van der Waals surface area contributed by atoms with E-state index in [0.29, 0.717) is 0 Å². The van der Waals surface area contributed by atoms with Gasteiger partial charge in [-0.2, -0.15) is 4.98 Å². The second-order valence-electron chi connectivity index (χ2n) is 5.96. The van der Waals surface area contributed by atoms with E-state index in [4.69, 9.17) is 5.73 Å². The van der Waals surface area contributed by atoms with Crippen molar-refractivity contribution in [2.45, 2.75) is 12.1 Å². The number of nitrogen functional groups attached to an aromatic ring is 1. The first kappa shape index (κ1) is 13.9. The van der Waals surface area contributed by atoms with Crippen LogP contribution in [0.25, 0.3) is 11.0 Å². The first-order chi connectivity index (χ1) is 12.3. The van der Waals surface area contributed by atoms with Crippen LogP contribution in [0.5, 0.6) is 0 Å². The van der Waals surface area contributed by atoms with Gasteiger partial charge in [0.2, 0.25) is 5.95 Å². The quantitative estimate of drug-likeness (QED) is 0.587. The second kappa shape index (κ2) is 5.27. The van der Waals surface area contributed by atoms with Crippen molar-refractivity contribution < 1.29 is 0 Å². The number of rotatable bonds is 2. The standard InChI is InChI=1S/C18H15N7/c19-18-22-13-7-10-25-15(12-6-2-4-9-21-12)14(11-5-1-3-8-20-11)23-17(24-18)16(13)25/h1-10,14-15H,(H3,19,22,23,24)/t14-,15?/m1/s1. The highest BCUT2D eigenvalue weighted by Crippen LogP contribution is 2.41. The van der Waals surface area contributed by atoms with E-state index < -0.39 is 0 Å². The van der Waals surface area contributed by atoms with Gasteiger partial charge in [0.1, 0.15) is 11.6 Å². The smallest absolute Gasteiger partial charge is 0.222 e. The van der Waals surface area contributed by atoms with E-state index >= 15 is 0 Å². The Morgan fingerprint density at radius 1 is 0.920 bits per heavy atom. The van der Waals surface area contributed by atoms with Crippen molar-refractivity contribution in [1.29, 1.82) is 0 Å². The topological polar surface area (TPSA) is 94.5 Å². The maximum Gasteiger partial charge on any atom is 0.222 e. The average molecular weight is 329 g/mol. The third-order valence-corrected chi connectivity index (χ3v) is 4.48. The van der Waals surface area contributed by atoms with Crippen LogP contribution >= 0.6 is 0 Å². The number of anilines is 2. The molecule has 0 radical (unpaired) electrons. The Morgan fingerprint density at radius 3 is 2.40 bits per heavy atom. The summed E-state index contributed by atoms with van der Waals surface area (Å²) in [6.07, 6.45) is 5.61. The number of pyridine rings is 2. The fourth-order valence-electron chi connectivity index (χ4n) is 3.47. The van der Waals surface area contributed by atoms with Gasteiger partial charge in [0.25, 0.3) is 0 Å². The Morgan fingerprint density at radius 2 is 1.68 bits per heavy atom. The molecule has 1 aliphatic rings. The monoisotopic (exact) mass is 329 g/mol. The summed E-state index contributed by atoms with van der Waals surface area (Å²) >= 11 is 0. The van der Waals surface area contributed by atoms with Gasteiger partial charge in [-0.05, 0) is 30.3 Å². The molecule has 0 spiro atoms. The van der Waals surface area contributed by atoms with Crippen molar-refractivity contribution in [2.24, 2.45) is 0 Å². The lowest BCUT2D eigenvalue weighted by atomic mass is 9.98. The molecule has 0 bridgehead atoms. The van der Waals surface area contributed by atoms with Crippen molar-refractivity contribution >= 4 is 22.8 Å². The number of hydrogen-bond donors (Lipinski definition) is 2. The zero-order valence-corrected chi connectivity index (χ0v) is 13.2. The maximum absolute atomic E-state index is 5.86. The molecular weight excluding hydrogens is 314 g/mol. The molecule has 5 heterocycles. The maximum atomic E-state index is 5.86. The largest absolute Gasteiger partial charge is 0.368 e. The second-order valence-corrected chi connectivity index (χ2v) is 5.96. The zero-order chi connectivity index (χ0) is 16.8. The van der Waals surface area contributed by atoms with Gasteiger partial charge in [-0.3, -0.25) is 9.97 Å². The Balaban J connectivity index is 1.77. The van der Waals surface area contributed by atoms with E-state index in [-0.39, 0.29) is 18.0 Å². The van der Waals surface area contributed by atoms with Crippen LogP contribution in [-0.2, 0) is 0 Å². The van der Waals surface area contributed by atoms with E-state index in [1.165, 1.54) is 0 Å². The van der Waals surface area contributed by atoms with E-state index in [1.807, 2.05) is 48.7 Å². The normalized spacial score (nSPS) is 18.9. The fourth-order valence-corrected chi connectivity index (χ4v) is 3.47. The predicted octanol–water partition coefficient (Wildman–Crippen LogP) is 2.56. The minimum atomic E-state index is -0.117. The molecule has 122 valence electrons. The van der Waals surface area contributed by atoms with E-state index in [2.05, 4.69) is 29.8 Å². The number of hydrogen-bond acceptors (Lipinski definition) is 6. The van der Waals surface area contributed by atoms with Crippen LogP contribution in [-0.4, -0.2) is 24.5 Å². The van der Waals surface area contributed by atoms with Gasteiger partial charge in [0, 0.05) is 18.6 Å². The molecule has 1 unspecified atom stereocenters. The van der Waals surface area contributed by atoms with Crippen LogP contribution in [0.4, 0.5) is 11.8 Å². The Hall–Kier alpha value is -3.48. The SMILES string of the molecule is Nc1nc2c3c(ccn3C(c3ccccn3)[C@@H](c3ccccn3)N2)n1. The molecule has 0 fully saturated rings. The number of nitrogens with two attached hydrogens (primary N) is 1. The molecule has 7 nitrogen and oxygen atoms in total. The lowest BCUT2D eigenvalue weighted by Gasteiger charge is -2.34. The van der Waals surface area contributed by atoms with Gasteiger partial charge in [-0.15, -0.1) is 0 Å². The van der Waals surface area contributed by atoms with Gasteiger partial charge >= 0.3 is 0 Å². The van der Waals surface area contributed by atoms with Crippen LogP contribution in [0.15, 0.2) is 61.1 Å². The van der Waals surface area contributed by atoms with Crippen LogP contribution in [0.1, 0.15) is 23.5 Å². The van der Waals surface area contributed by atoms with Crippen LogP contribution in [0, 0.1) is 0 Å². The summed E-state index contributed by atoms with van der Waals surface area (Å²) in [4.78, 5) is 17.9. The summed E-state index contributed by atoms with van der Waals surface area (Å²) < 4.78 is 2.16. The molecule has 0 amide bonds. The predicted molar refractivity (Wildman–Crippen MR) is 94.9 cm³/mol. The molecule has 4 aromatic heterocycles. The lowest BCUT2D eigenvalue weighted by molar-refractivity contribution is 0.489.